The molecule has 0 spiro atoms. The maximum Gasteiger partial charge on any atom is 0.0164 e. The normalized spacial score (nSPS) is 19.4. The molecule has 0 heterocycles. The molecule has 1 aromatic carbocycles. The van der Waals surface area contributed by atoms with Crippen LogP contribution in [0, 0.1) is 0 Å². The van der Waals surface area contributed by atoms with Crippen LogP contribution in [0.25, 0.3) is 0 Å². The summed E-state index contributed by atoms with van der Waals surface area (Å²) in [6, 6.07) is 11.6. The molecule has 92 valence electrons. The van der Waals surface area contributed by atoms with Gasteiger partial charge in [0.25, 0.3) is 0 Å². The van der Waals surface area contributed by atoms with Crippen molar-refractivity contribution < 1.29 is 0 Å². The molecule has 0 radical (unpaired) electrons. The lowest BCUT2D eigenvalue weighted by Gasteiger charge is -2.48. The van der Waals surface area contributed by atoms with Crippen molar-refractivity contribution in [2.45, 2.75) is 43.6 Å². The minimum Gasteiger partial charge on any atom is -0.316 e. The highest BCUT2D eigenvalue weighted by Gasteiger charge is 2.44. The first-order chi connectivity index (χ1) is 8.33. The molecule has 1 nitrogen and oxygen atoms in total. The molecule has 1 N–H and O–H groups in total. The fourth-order valence-corrected chi connectivity index (χ4v) is 3.15. The summed E-state index contributed by atoms with van der Waals surface area (Å²) >= 11 is 0. The molecule has 1 heteroatoms. The van der Waals surface area contributed by atoms with Crippen molar-refractivity contribution in [2.75, 3.05) is 7.05 Å². The van der Waals surface area contributed by atoms with Crippen molar-refractivity contribution in [1.82, 2.24) is 5.32 Å². The summed E-state index contributed by atoms with van der Waals surface area (Å²) in [4.78, 5) is 0. The van der Waals surface area contributed by atoms with E-state index in [1.807, 2.05) is 6.08 Å². The Balaban J connectivity index is 2.20. The van der Waals surface area contributed by atoms with E-state index < -0.39 is 0 Å². The lowest BCUT2D eigenvalue weighted by atomic mass is 9.59. The molecule has 17 heavy (non-hydrogen) atoms. The van der Waals surface area contributed by atoms with E-state index in [9.17, 15) is 0 Å². The van der Waals surface area contributed by atoms with Crippen molar-refractivity contribution in [1.29, 1.82) is 0 Å². The molecule has 1 atom stereocenters. The zero-order valence-corrected chi connectivity index (χ0v) is 10.8. The molecule has 1 aliphatic rings. The Morgan fingerprint density at radius 3 is 2.53 bits per heavy atom. The van der Waals surface area contributed by atoms with Gasteiger partial charge < -0.3 is 5.32 Å². The smallest absolute Gasteiger partial charge is 0.0164 e. The number of hydrogen-bond donors (Lipinski definition) is 1. The Labute approximate surface area is 105 Å². The molecule has 1 aromatic rings. The van der Waals surface area contributed by atoms with E-state index in [-0.39, 0.29) is 0 Å². The first-order valence-electron chi connectivity index (χ1n) is 6.67. The van der Waals surface area contributed by atoms with Gasteiger partial charge in [-0.3, -0.25) is 0 Å². The number of rotatable bonds is 6. The largest absolute Gasteiger partial charge is 0.316 e. The SMILES string of the molecule is C=CCCC(NC)C1(c2ccccc2)CCC1. The first-order valence-corrected chi connectivity index (χ1v) is 6.67. The Morgan fingerprint density at radius 2 is 2.06 bits per heavy atom. The number of allylic oxidation sites excluding steroid dienone is 1. The molecule has 1 unspecified atom stereocenters. The Morgan fingerprint density at radius 1 is 1.35 bits per heavy atom. The zero-order chi connectivity index (χ0) is 12.1. The number of nitrogens with one attached hydrogen (secondary N) is 1. The second-order valence-corrected chi connectivity index (χ2v) is 5.08. The monoisotopic (exact) mass is 229 g/mol. The van der Waals surface area contributed by atoms with Crippen molar-refractivity contribution in [3.63, 3.8) is 0 Å². The van der Waals surface area contributed by atoms with Gasteiger partial charge in [-0.25, -0.2) is 0 Å². The summed E-state index contributed by atoms with van der Waals surface area (Å²) in [5, 5.41) is 3.53. The van der Waals surface area contributed by atoms with Gasteiger partial charge in [-0.15, -0.1) is 6.58 Å². The van der Waals surface area contributed by atoms with E-state index in [0.717, 1.165) is 6.42 Å². The van der Waals surface area contributed by atoms with Gasteiger partial charge in [0.1, 0.15) is 0 Å². The molecule has 0 aliphatic heterocycles. The van der Waals surface area contributed by atoms with Gasteiger partial charge in [-0.05, 0) is 38.3 Å². The summed E-state index contributed by atoms with van der Waals surface area (Å²) in [5.74, 6) is 0. The van der Waals surface area contributed by atoms with Crippen LogP contribution in [0.5, 0.6) is 0 Å². The van der Waals surface area contributed by atoms with Crippen LogP contribution < -0.4 is 5.32 Å². The number of benzene rings is 1. The number of hydrogen-bond acceptors (Lipinski definition) is 1. The average molecular weight is 229 g/mol. The zero-order valence-electron chi connectivity index (χ0n) is 10.8. The minimum absolute atomic E-state index is 0.374. The van der Waals surface area contributed by atoms with Gasteiger partial charge in [-0.1, -0.05) is 42.8 Å². The molecule has 0 amide bonds. The fraction of sp³-hybridized carbons (Fsp3) is 0.500. The molecule has 1 fully saturated rings. The Kier molecular flexibility index (Phi) is 4.01. The highest BCUT2D eigenvalue weighted by atomic mass is 14.9. The van der Waals surface area contributed by atoms with E-state index in [1.54, 1.807) is 0 Å². The lowest BCUT2D eigenvalue weighted by Crippen LogP contribution is -2.51. The van der Waals surface area contributed by atoms with Crippen LogP contribution in [-0.4, -0.2) is 13.1 Å². The first kappa shape index (κ1) is 12.4. The summed E-state index contributed by atoms with van der Waals surface area (Å²) in [5.41, 5.74) is 1.88. The third-order valence-corrected chi connectivity index (χ3v) is 4.27. The van der Waals surface area contributed by atoms with Gasteiger partial charge in [0.2, 0.25) is 0 Å². The van der Waals surface area contributed by atoms with Crippen molar-refractivity contribution >= 4 is 0 Å². The molecular formula is C16H23N. The second kappa shape index (κ2) is 5.50. The van der Waals surface area contributed by atoms with E-state index in [2.05, 4.69) is 49.3 Å². The second-order valence-electron chi connectivity index (χ2n) is 5.08. The molecule has 1 saturated carbocycles. The maximum atomic E-state index is 3.84. The van der Waals surface area contributed by atoms with E-state index in [4.69, 9.17) is 0 Å². The molecule has 1 aliphatic carbocycles. The summed E-state index contributed by atoms with van der Waals surface area (Å²) in [6.07, 6.45) is 8.32. The summed E-state index contributed by atoms with van der Waals surface area (Å²) in [6.45, 7) is 3.84. The third-order valence-electron chi connectivity index (χ3n) is 4.27. The summed E-state index contributed by atoms with van der Waals surface area (Å²) in [7, 11) is 2.09. The number of likely N-dealkylation sites (N-methyl/N-ethyl adjacent to an activating group) is 1. The molecule has 2 rings (SSSR count). The van der Waals surface area contributed by atoms with Gasteiger partial charge >= 0.3 is 0 Å². The molecule has 0 aromatic heterocycles. The van der Waals surface area contributed by atoms with Gasteiger partial charge in [0.15, 0.2) is 0 Å². The topological polar surface area (TPSA) is 12.0 Å². The highest BCUT2D eigenvalue weighted by molar-refractivity contribution is 5.30. The van der Waals surface area contributed by atoms with E-state index in [0.29, 0.717) is 11.5 Å². The van der Waals surface area contributed by atoms with Crippen LogP contribution >= 0.6 is 0 Å². The highest BCUT2D eigenvalue weighted by Crippen LogP contribution is 2.47. The Hall–Kier alpha value is -1.08. The van der Waals surface area contributed by atoms with Crippen molar-refractivity contribution in [3.05, 3.63) is 48.6 Å². The molecular weight excluding hydrogens is 206 g/mol. The van der Waals surface area contributed by atoms with E-state index in [1.165, 1.54) is 31.2 Å². The van der Waals surface area contributed by atoms with Gasteiger partial charge in [0, 0.05) is 11.5 Å². The van der Waals surface area contributed by atoms with Crippen LogP contribution in [0.3, 0.4) is 0 Å². The van der Waals surface area contributed by atoms with Crippen LogP contribution in [-0.2, 0) is 5.41 Å². The van der Waals surface area contributed by atoms with Crippen LogP contribution in [0.2, 0.25) is 0 Å². The van der Waals surface area contributed by atoms with Gasteiger partial charge in [-0.2, -0.15) is 0 Å². The predicted molar refractivity (Wildman–Crippen MR) is 74.2 cm³/mol. The van der Waals surface area contributed by atoms with Crippen LogP contribution in [0.4, 0.5) is 0 Å². The lowest BCUT2D eigenvalue weighted by molar-refractivity contribution is 0.168. The quantitative estimate of drug-likeness (QED) is 0.734. The van der Waals surface area contributed by atoms with Gasteiger partial charge in [0.05, 0.1) is 0 Å². The van der Waals surface area contributed by atoms with E-state index >= 15 is 0 Å². The summed E-state index contributed by atoms with van der Waals surface area (Å²) < 4.78 is 0. The maximum absolute atomic E-state index is 3.84. The van der Waals surface area contributed by atoms with Crippen LogP contribution in [0.15, 0.2) is 43.0 Å². The van der Waals surface area contributed by atoms with Crippen molar-refractivity contribution in [2.24, 2.45) is 0 Å². The molecule has 0 saturated heterocycles. The Bertz CT molecular complexity index is 351. The standard InChI is InChI=1S/C16H23N/c1-3-4-11-15(17-2)16(12-8-13-16)14-9-6-5-7-10-14/h3,5-7,9-10,15,17H,1,4,8,11-13H2,2H3. The molecule has 0 bridgehead atoms. The minimum atomic E-state index is 0.374. The third kappa shape index (κ3) is 2.30. The van der Waals surface area contributed by atoms with Crippen molar-refractivity contribution in [3.8, 4) is 0 Å². The predicted octanol–water partition coefficient (Wildman–Crippen LogP) is 3.66. The average Bonchev–Trinajstić information content (AvgIpc) is 2.33. The van der Waals surface area contributed by atoms with Crippen LogP contribution in [0.1, 0.15) is 37.7 Å². The fourth-order valence-electron chi connectivity index (χ4n) is 3.15.